The van der Waals surface area contributed by atoms with Crippen molar-refractivity contribution in [1.82, 2.24) is 0 Å². The second-order valence-corrected chi connectivity index (χ2v) is 4.46. The van der Waals surface area contributed by atoms with Crippen LogP contribution >= 0.6 is 0 Å². The van der Waals surface area contributed by atoms with Crippen molar-refractivity contribution in [2.75, 3.05) is 6.54 Å². The van der Waals surface area contributed by atoms with E-state index >= 15 is 0 Å². The number of ketones is 1. The summed E-state index contributed by atoms with van der Waals surface area (Å²) in [4.78, 5) is 11.6. The van der Waals surface area contributed by atoms with Gasteiger partial charge >= 0.3 is 0 Å². The standard InChI is InChI=1S/C13H27NO/c1-3-4-5-6-7-8-9-13(15)12(2)10-11-14/h12H,3-11,14H2,1-2H3. The summed E-state index contributed by atoms with van der Waals surface area (Å²) < 4.78 is 0. The van der Waals surface area contributed by atoms with Gasteiger partial charge in [0.25, 0.3) is 0 Å². The van der Waals surface area contributed by atoms with E-state index < -0.39 is 0 Å². The monoisotopic (exact) mass is 213 g/mol. The lowest BCUT2D eigenvalue weighted by molar-refractivity contribution is -0.122. The SMILES string of the molecule is CCCCCCCCC(=O)C(C)CCN. The van der Waals surface area contributed by atoms with E-state index in [1.807, 2.05) is 6.92 Å². The minimum Gasteiger partial charge on any atom is -0.330 e. The zero-order valence-corrected chi connectivity index (χ0v) is 10.4. The Bertz CT molecular complexity index is 157. The summed E-state index contributed by atoms with van der Waals surface area (Å²) in [5.74, 6) is 0.571. The van der Waals surface area contributed by atoms with Crippen LogP contribution in [0.4, 0.5) is 0 Å². The predicted octanol–water partition coefficient (Wildman–Crippen LogP) is 3.29. The summed E-state index contributed by atoms with van der Waals surface area (Å²) >= 11 is 0. The van der Waals surface area contributed by atoms with E-state index in [0.29, 0.717) is 12.3 Å². The highest BCUT2D eigenvalue weighted by atomic mass is 16.1. The fourth-order valence-electron chi connectivity index (χ4n) is 1.74. The Labute approximate surface area is 94.6 Å². The van der Waals surface area contributed by atoms with Crippen molar-refractivity contribution in [2.45, 2.75) is 65.2 Å². The van der Waals surface area contributed by atoms with Crippen molar-refractivity contribution in [3.05, 3.63) is 0 Å². The summed E-state index contributed by atoms with van der Waals surface area (Å²) in [5, 5.41) is 0. The Morgan fingerprint density at radius 1 is 1.13 bits per heavy atom. The molecule has 0 aromatic rings. The van der Waals surface area contributed by atoms with Crippen LogP contribution in [0.15, 0.2) is 0 Å². The number of carbonyl (C=O) groups excluding carboxylic acids is 1. The molecule has 2 N–H and O–H groups in total. The van der Waals surface area contributed by atoms with E-state index in [9.17, 15) is 4.79 Å². The molecule has 2 heteroatoms. The molecule has 90 valence electrons. The molecule has 0 radical (unpaired) electrons. The van der Waals surface area contributed by atoms with Crippen LogP contribution in [0.1, 0.15) is 65.2 Å². The van der Waals surface area contributed by atoms with Gasteiger partial charge in [0.05, 0.1) is 0 Å². The molecule has 1 atom stereocenters. The Hall–Kier alpha value is -0.370. The van der Waals surface area contributed by atoms with Crippen LogP contribution in [0, 0.1) is 5.92 Å². The molecule has 0 spiro atoms. The van der Waals surface area contributed by atoms with Gasteiger partial charge in [-0.05, 0) is 19.4 Å². The summed E-state index contributed by atoms with van der Waals surface area (Å²) in [6.45, 7) is 4.84. The smallest absolute Gasteiger partial charge is 0.135 e. The third-order valence-corrected chi connectivity index (χ3v) is 2.93. The zero-order chi connectivity index (χ0) is 11.5. The topological polar surface area (TPSA) is 43.1 Å². The minimum atomic E-state index is 0.172. The first-order valence-electron chi connectivity index (χ1n) is 6.45. The fourth-order valence-corrected chi connectivity index (χ4v) is 1.74. The molecule has 0 rings (SSSR count). The third kappa shape index (κ3) is 8.61. The maximum Gasteiger partial charge on any atom is 0.135 e. The number of rotatable bonds is 10. The highest BCUT2D eigenvalue weighted by molar-refractivity contribution is 5.80. The number of hydrogen-bond donors (Lipinski definition) is 1. The predicted molar refractivity (Wildman–Crippen MR) is 65.8 cm³/mol. The van der Waals surface area contributed by atoms with Gasteiger partial charge in [-0.1, -0.05) is 46.0 Å². The van der Waals surface area contributed by atoms with E-state index in [2.05, 4.69) is 6.92 Å². The van der Waals surface area contributed by atoms with Gasteiger partial charge in [0.1, 0.15) is 5.78 Å². The molecule has 0 aliphatic heterocycles. The lowest BCUT2D eigenvalue weighted by atomic mass is 9.97. The van der Waals surface area contributed by atoms with Crippen LogP contribution in [0.2, 0.25) is 0 Å². The quantitative estimate of drug-likeness (QED) is 0.566. The molecular formula is C13H27NO. The van der Waals surface area contributed by atoms with Crippen LogP contribution in [0.3, 0.4) is 0 Å². The van der Waals surface area contributed by atoms with E-state index in [-0.39, 0.29) is 5.92 Å². The highest BCUT2D eigenvalue weighted by Crippen LogP contribution is 2.11. The second-order valence-electron chi connectivity index (χ2n) is 4.46. The number of Topliss-reactive ketones (excluding diaryl/α,β-unsaturated/α-hetero) is 1. The molecule has 0 fully saturated rings. The first-order valence-corrected chi connectivity index (χ1v) is 6.45. The fraction of sp³-hybridized carbons (Fsp3) is 0.923. The first-order chi connectivity index (χ1) is 7.22. The molecule has 0 amide bonds. The summed E-state index contributed by atoms with van der Waals surface area (Å²) in [6.07, 6.45) is 9.10. The molecule has 0 heterocycles. The van der Waals surface area contributed by atoms with Gasteiger partial charge in [-0.3, -0.25) is 4.79 Å². The molecule has 0 bridgehead atoms. The Balaban J connectivity index is 3.30. The maximum absolute atomic E-state index is 11.6. The highest BCUT2D eigenvalue weighted by Gasteiger charge is 2.10. The van der Waals surface area contributed by atoms with E-state index in [0.717, 1.165) is 19.3 Å². The van der Waals surface area contributed by atoms with Crippen molar-refractivity contribution < 1.29 is 4.79 Å². The summed E-state index contributed by atoms with van der Waals surface area (Å²) in [7, 11) is 0. The van der Waals surface area contributed by atoms with Crippen molar-refractivity contribution in [1.29, 1.82) is 0 Å². The molecule has 2 nitrogen and oxygen atoms in total. The molecule has 0 aromatic carbocycles. The van der Waals surface area contributed by atoms with Gasteiger partial charge in [-0.25, -0.2) is 0 Å². The third-order valence-electron chi connectivity index (χ3n) is 2.93. The van der Waals surface area contributed by atoms with E-state index in [1.165, 1.54) is 32.1 Å². The lowest BCUT2D eigenvalue weighted by Gasteiger charge is -2.08. The number of unbranched alkanes of at least 4 members (excludes halogenated alkanes) is 5. The van der Waals surface area contributed by atoms with Gasteiger partial charge in [-0.15, -0.1) is 0 Å². The maximum atomic E-state index is 11.6. The molecule has 0 saturated carbocycles. The summed E-state index contributed by atoms with van der Waals surface area (Å²) in [5.41, 5.74) is 5.42. The Morgan fingerprint density at radius 2 is 1.73 bits per heavy atom. The van der Waals surface area contributed by atoms with Gasteiger partial charge in [0.15, 0.2) is 0 Å². The first kappa shape index (κ1) is 14.6. The minimum absolute atomic E-state index is 0.172. The lowest BCUT2D eigenvalue weighted by Crippen LogP contribution is -2.15. The van der Waals surface area contributed by atoms with Crippen LogP contribution < -0.4 is 5.73 Å². The van der Waals surface area contributed by atoms with Crippen LogP contribution in [0.25, 0.3) is 0 Å². The average Bonchev–Trinajstić information content (AvgIpc) is 2.23. The molecule has 15 heavy (non-hydrogen) atoms. The van der Waals surface area contributed by atoms with Crippen LogP contribution in [0.5, 0.6) is 0 Å². The number of nitrogens with two attached hydrogens (primary N) is 1. The second kappa shape index (κ2) is 10.2. The van der Waals surface area contributed by atoms with Crippen molar-refractivity contribution in [3.8, 4) is 0 Å². The van der Waals surface area contributed by atoms with Crippen LogP contribution in [-0.2, 0) is 4.79 Å². The van der Waals surface area contributed by atoms with Gasteiger partial charge in [0, 0.05) is 12.3 Å². The Morgan fingerprint density at radius 3 is 2.33 bits per heavy atom. The van der Waals surface area contributed by atoms with Crippen molar-refractivity contribution >= 4 is 5.78 Å². The molecule has 0 aliphatic rings. The normalized spacial score (nSPS) is 12.7. The molecule has 1 unspecified atom stereocenters. The van der Waals surface area contributed by atoms with E-state index in [4.69, 9.17) is 5.73 Å². The molecule has 0 aliphatic carbocycles. The van der Waals surface area contributed by atoms with E-state index in [1.54, 1.807) is 0 Å². The molecule has 0 saturated heterocycles. The molecular weight excluding hydrogens is 186 g/mol. The summed E-state index contributed by atoms with van der Waals surface area (Å²) in [6, 6.07) is 0. The van der Waals surface area contributed by atoms with Crippen LogP contribution in [-0.4, -0.2) is 12.3 Å². The zero-order valence-electron chi connectivity index (χ0n) is 10.4. The van der Waals surface area contributed by atoms with Crippen molar-refractivity contribution in [2.24, 2.45) is 11.7 Å². The van der Waals surface area contributed by atoms with Gasteiger partial charge in [-0.2, -0.15) is 0 Å². The number of hydrogen-bond acceptors (Lipinski definition) is 2. The van der Waals surface area contributed by atoms with Crippen molar-refractivity contribution in [3.63, 3.8) is 0 Å². The largest absolute Gasteiger partial charge is 0.330 e. The van der Waals surface area contributed by atoms with Gasteiger partial charge < -0.3 is 5.73 Å². The van der Waals surface area contributed by atoms with Gasteiger partial charge in [0.2, 0.25) is 0 Å². The Kier molecular flexibility index (Phi) is 9.91. The number of carbonyl (C=O) groups is 1. The molecule has 0 aromatic heterocycles. The average molecular weight is 213 g/mol.